The van der Waals surface area contributed by atoms with E-state index in [-0.39, 0.29) is 35.6 Å². The van der Waals surface area contributed by atoms with Crippen LogP contribution in [0.15, 0.2) is 24.3 Å². The number of halogens is 2. The van der Waals surface area contributed by atoms with Gasteiger partial charge < -0.3 is 15.7 Å². The van der Waals surface area contributed by atoms with Crippen LogP contribution in [0.2, 0.25) is 0 Å². The van der Waals surface area contributed by atoms with Gasteiger partial charge in [0.2, 0.25) is 5.91 Å². The summed E-state index contributed by atoms with van der Waals surface area (Å²) in [6.07, 6.45) is 1.96. The lowest BCUT2D eigenvalue weighted by Gasteiger charge is -2.18. The van der Waals surface area contributed by atoms with Gasteiger partial charge in [-0.2, -0.15) is 0 Å². The highest BCUT2D eigenvalue weighted by atomic mass is 35.5. The van der Waals surface area contributed by atoms with Gasteiger partial charge in [-0.3, -0.25) is 4.79 Å². The van der Waals surface area contributed by atoms with Crippen LogP contribution in [0, 0.1) is 5.82 Å². The number of aliphatic hydroxyl groups is 1. The molecule has 1 aromatic carbocycles. The number of β-amino-alcohol motifs (C(OH)–C–C–N with tert-alkyl or cyclic N) is 1. The second-order valence-corrected chi connectivity index (χ2v) is 5.86. The van der Waals surface area contributed by atoms with Crippen molar-refractivity contribution in [1.82, 2.24) is 10.6 Å². The van der Waals surface area contributed by atoms with E-state index < -0.39 is 6.10 Å². The lowest BCUT2D eigenvalue weighted by molar-refractivity contribution is -0.123. The van der Waals surface area contributed by atoms with Gasteiger partial charge in [-0.15, -0.1) is 12.4 Å². The van der Waals surface area contributed by atoms with Gasteiger partial charge in [-0.25, -0.2) is 4.39 Å². The van der Waals surface area contributed by atoms with Gasteiger partial charge in [-0.05, 0) is 37.0 Å². The Hall–Kier alpha value is -1.17. The predicted octanol–water partition coefficient (Wildman–Crippen LogP) is 1.12. The minimum absolute atomic E-state index is 0. The number of amides is 1. The Morgan fingerprint density at radius 1 is 1.48 bits per heavy atom. The summed E-state index contributed by atoms with van der Waals surface area (Å²) < 4.78 is 13.3. The maximum atomic E-state index is 13.3. The minimum Gasteiger partial charge on any atom is -0.392 e. The fourth-order valence-electron chi connectivity index (χ4n) is 2.83. The highest BCUT2D eigenvalue weighted by Crippen LogP contribution is 2.47. The van der Waals surface area contributed by atoms with Crippen molar-refractivity contribution in [3.63, 3.8) is 0 Å². The van der Waals surface area contributed by atoms with E-state index in [4.69, 9.17) is 0 Å². The highest BCUT2D eigenvalue weighted by Gasteiger charge is 2.45. The number of nitrogens with one attached hydrogen (secondary N) is 2. The number of carbonyl (C=O) groups is 1. The van der Waals surface area contributed by atoms with E-state index in [1.165, 1.54) is 6.07 Å². The lowest BCUT2D eigenvalue weighted by Crippen LogP contribution is -2.43. The molecule has 0 bridgehead atoms. The van der Waals surface area contributed by atoms with E-state index in [1.54, 1.807) is 12.1 Å². The molecule has 1 amide bonds. The van der Waals surface area contributed by atoms with Gasteiger partial charge in [-0.1, -0.05) is 12.1 Å². The Kier molecular flexibility index (Phi) is 4.86. The average molecular weight is 315 g/mol. The van der Waals surface area contributed by atoms with Gasteiger partial charge in [0.15, 0.2) is 0 Å². The predicted molar refractivity (Wildman–Crippen MR) is 80.0 cm³/mol. The van der Waals surface area contributed by atoms with Crippen molar-refractivity contribution < 1.29 is 14.3 Å². The molecule has 1 aliphatic heterocycles. The Morgan fingerprint density at radius 3 is 2.81 bits per heavy atom. The van der Waals surface area contributed by atoms with Crippen LogP contribution in [-0.2, 0) is 10.2 Å². The van der Waals surface area contributed by atoms with Crippen molar-refractivity contribution in [3.8, 4) is 0 Å². The monoisotopic (exact) mass is 314 g/mol. The SMILES string of the molecule is Cl.O=C(NCC1(c2cccc(F)c2)CC1)C1CC(O)CN1. The third kappa shape index (κ3) is 3.54. The van der Waals surface area contributed by atoms with Gasteiger partial charge in [0, 0.05) is 18.5 Å². The number of carbonyl (C=O) groups excluding carboxylic acids is 1. The molecule has 1 heterocycles. The maximum Gasteiger partial charge on any atom is 0.237 e. The molecule has 2 unspecified atom stereocenters. The molecule has 4 nitrogen and oxygen atoms in total. The van der Waals surface area contributed by atoms with Crippen LogP contribution >= 0.6 is 12.4 Å². The number of hydrogen-bond acceptors (Lipinski definition) is 3. The number of benzene rings is 1. The van der Waals surface area contributed by atoms with Crippen LogP contribution < -0.4 is 10.6 Å². The molecule has 1 aromatic rings. The van der Waals surface area contributed by atoms with Gasteiger partial charge >= 0.3 is 0 Å². The Morgan fingerprint density at radius 2 is 2.24 bits per heavy atom. The molecule has 0 aromatic heterocycles. The van der Waals surface area contributed by atoms with E-state index in [0.29, 0.717) is 19.5 Å². The minimum atomic E-state index is -0.441. The van der Waals surface area contributed by atoms with E-state index in [9.17, 15) is 14.3 Å². The zero-order valence-corrected chi connectivity index (χ0v) is 12.5. The molecule has 1 saturated carbocycles. The summed E-state index contributed by atoms with van der Waals surface area (Å²) in [4.78, 5) is 12.0. The molecule has 1 saturated heterocycles. The molecule has 1 aliphatic carbocycles. The molecule has 2 aliphatic rings. The molecule has 0 radical (unpaired) electrons. The van der Waals surface area contributed by atoms with Crippen molar-refractivity contribution in [3.05, 3.63) is 35.6 Å². The summed E-state index contributed by atoms with van der Waals surface area (Å²) in [6, 6.07) is 6.30. The first-order valence-corrected chi connectivity index (χ1v) is 7.04. The molecule has 2 fully saturated rings. The normalized spacial score (nSPS) is 26.0. The largest absolute Gasteiger partial charge is 0.392 e. The van der Waals surface area contributed by atoms with E-state index >= 15 is 0 Å². The van der Waals surface area contributed by atoms with Crippen LogP contribution in [0.3, 0.4) is 0 Å². The topological polar surface area (TPSA) is 61.4 Å². The van der Waals surface area contributed by atoms with E-state index in [0.717, 1.165) is 18.4 Å². The van der Waals surface area contributed by atoms with Crippen molar-refractivity contribution >= 4 is 18.3 Å². The van der Waals surface area contributed by atoms with Gasteiger partial charge in [0.05, 0.1) is 12.1 Å². The molecule has 6 heteroatoms. The van der Waals surface area contributed by atoms with Crippen LogP contribution in [0.5, 0.6) is 0 Å². The Balaban J connectivity index is 0.00000161. The van der Waals surface area contributed by atoms with Crippen molar-refractivity contribution in [1.29, 1.82) is 0 Å². The second-order valence-electron chi connectivity index (χ2n) is 5.86. The Labute approximate surface area is 129 Å². The van der Waals surface area contributed by atoms with E-state index in [2.05, 4.69) is 10.6 Å². The number of aliphatic hydroxyl groups excluding tert-OH is 1. The molecule has 3 N–H and O–H groups in total. The average Bonchev–Trinajstić information content (AvgIpc) is 3.11. The third-order valence-corrected chi connectivity index (χ3v) is 4.32. The lowest BCUT2D eigenvalue weighted by atomic mass is 9.95. The van der Waals surface area contributed by atoms with Gasteiger partial charge in [0.1, 0.15) is 5.82 Å². The molecule has 116 valence electrons. The molecule has 3 rings (SSSR count). The molecule has 2 atom stereocenters. The van der Waals surface area contributed by atoms with Crippen molar-refractivity contribution in [2.45, 2.75) is 36.8 Å². The summed E-state index contributed by atoms with van der Waals surface area (Å²) in [5.74, 6) is -0.315. The number of rotatable bonds is 4. The molecule has 21 heavy (non-hydrogen) atoms. The van der Waals surface area contributed by atoms with Crippen LogP contribution in [0.25, 0.3) is 0 Å². The first kappa shape index (κ1) is 16.2. The molecular formula is C15H20ClFN2O2. The quantitative estimate of drug-likeness (QED) is 0.780. The summed E-state index contributed by atoms with van der Waals surface area (Å²) in [6.45, 7) is 0.997. The standard InChI is InChI=1S/C15H19FN2O2.ClH/c16-11-3-1-2-10(6-11)15(4-5-15)9-18-14(20)13-7-12(19)8-17-13;/h1-3,6,12-13,17,19H,4-5,7-9H2,(H,18,20);1H. The highest BCUT2D eigenvalue weighted by molar-refractivity contribution is 5.85. The summed E-state index contributed by atoms with van der Waals surface area (Å²) in [5.41, 5.74) is 0.854. The van der Waals surface area contributed by atoms with Crippen molar-refractivity contribution in [2.24, 2.45) is 0 Å². The zero-order chi connectivity index (χ0) is 14.2. The third-order valence-electron chi connectivity index (χ3n) is 4.32. The zero-order valence-electron chi connectivity index (χ0n) is 11.6. The van der Waals surface area contributed by atoms with Crippen molar-refractivity contribution in [2.75, 3.05) is 13.1 Å². The fraction of sp³-hybridized carbons (Fsp3) is 0.533. The Bertz CT molecular complexity index is 522. The maximum absolute atomic E-state index is 13.3. The first-order valence-electron chi connectivity index (χ1n) is 7.04. The summed E-state index contributed by atoms with van der Waals surface area (Å²) in [7, 11) is 0. The molecule has 0 spiro atoms. The second kappa shape index (κ2) is 6.30. The fourth-order valence-corrected chi connectivity index (χ4v) is 2.83. The van der Waals surface area contributed by atoms with Crippen LogP contribution in [0.4, 0.5) is 4.39 Å². The van der Waals surface area contributed by atoms with Crippen LogP contribution in [0.1, 0.15) is 24.8 Å². The first-order chi connectivity index (χ1) is 9.59. The van der Waals surface area contributed by atoms with E-state index in [1.807, 2.05) is 6.07 Å². The van der Waals surface area contributed by atoms with Crippen LogP contribution in [-0.4, -0.2) is 36.2 Å². The summed E-state index contributed by atoms with van der Waals surface area (Å²) in [5, 5.41) is 15.3. The number of hydrogen-bond donors (Lipinski definition) is 3. The van der Waals surface area contributed by atoms with Gasteiger partial charge in [0.25, 0.3) is 0 Å². The summed E-state index contributed by atoms with van der Waals surface area (Å²) >= 11 is 0. The molecular weight excluding hydrogens is 295 g/mol. The smallest absolute Gasteiger partial charge is 0.237 e.